The van der Waals surface area contributed by atoms with Gasteiger partial charge in [-0.05, 0) is 67.1 Å². The molecule has 1 heterocycles. The minimum Gasteiger partial charge on any atom is -0.482 e. The van der Waals surface area contributed by atoms with Gasteiger partial charge in [0.1, 0.15) is 5.75 Å². The van der Waals surface area contributed by atoms with Crippen molar-refractivity contribution in [3.05, 3.63) is 92.8 Å². The van der Waals surface area contributed by atoms with Gasteiger partial charge < -0.3 is 10.1 Å². The van der Waals surface area contributed by atoms with Crippen molar-refractivity contribution >= 4 is 80.8 Å². The Balaban J connectivity index is 1.41. The first-order valence-electron chi connectivity index (χ1n) is 10.1. The molecule has 0 radical (unpaired) electrons. The third-order valence-corrected chi connectivity index (χ3v) is 6.68. The minimum absolute atomic E-state index is 0.188. The van der Waals surface area contributed by atoms with Crippen LogP contribution in [0.4, 0.5) is 11.4 Å². The van der Waals surface area contributed by atoms with Crippen molar-refractivity contribution in [3.8, 4) is 5.75 Å². The fourth-order valence-electron chi connectivity index (χ4n) is 3.13. The van der Waals surface area contributed by atoms with Crippen molar-refractivity contribution in [1.82, 2.24) is 0 Å². The molecule has 1 fully saturated rings. The number of benzene rings is 3. The Morgan fingerprint density at radius 2 is 1.79 bits per heavy atom. The molecule has 0 unspecified atom stereocenters. The van der Waals surface area contributed by atoms with Crippen LogP contribution in [0.2, 0.25) is 10.0 Å². The number of halogens is 2. The van der Waals surface area contributed by atoms with Gasteiger partial charge in [0, 0.05) is 10.7 Å². The van der Waals surface area contributed by atoms with Gasteiger partial charge in [0.05, 0.1) is 15.6 Å². The Labute approximate surface area is 216 Å². The summed E-state index contributed by atoms with van der Waals surface area (Å²) in [5.41, 5.74) is 3.16. The number of amides is 2. The average Bonchev–Trinajstić information content (AvgIpc) is 3.08. The van der Waals surface area contributed by atoms with Gasteiger partial charge in [-0.25, -0.2) is 0 Å². The number of aryl methyl sites for hydroxylation is 1. The van der Waals surface area contributed by atoms with Gasteiger partial charge in [-0.1, -0.05) is 70.9 Å². The zero-order chi connectivity index (χ0) is 24.2. The van der Waals surface area contributed by atoms with E-state index >= 15 is 0 Å². The molecule has 172 valence electrons. The van der Waals surface area contributed by atoms with Crippen LogP contribution < -0.4 is 15.0 Å². The lowest BCUT2D eigenvalue weighted by Crippen LogP contribution is -2.27. The summed E-state index contributed by atoms with van der Waals surface area (Å²) >= 11 is 18.9. The first-order chi connectivity index (χ1) is 16.3. The second-order valence-electron chi connectivity index (χ2n) is 7.39. The van der Waals surface area contributed by atoms with E-state index in [1.165, 1.54) is 16.7 Å². The maximum Gasteiger partial charge on any atom is 0.270 e. The maximum absolute atomic E-state index is 12.9. The van der Waals surface area contributed by atoms with Crippen LogP contribution in [0, 0.1) is 6.92 Å². The number of anilines is 2. The predicted molar refractivity (Wildman–Crippen MR) is 144 cm³/mol. The van der Waals surface area contributed by atoms with Gasteiger partial charge in [0.15, 0.2) is 10.9 Å². The molecule has 0 spiro atoms. The summed E-state index contributed by atoms with van der Waals surface area (Å²) in [6, 6.07) is 19.5. The molecular formula is C25H18Cl2N2O3S2. The summed E-state index contributed by atoms with van der Waals surface area (Å²) in [6.07, 6.45) is 1.72. The Kier molecular flexibility index (Phi) is 7.58. The molecule has 4 rings (SSSR count). The molecule has 1 N–H and O–H groups in total. The third kappa shape index (κ3) is 5.80. The Bertz CT molecular complexity index is 1290. The van der Waals surface area contributed by atoms with E-state index in [0.29, 0.717) is 42.0 Å². The number of ether oxygens (including phenoxy) is 1. The van der Waals surface area contributed by atoms with Gasteiger partial charge in [0.25, 0.3) is 11.8 Å². The van der Waals surface area contributed by atoms with Crippen molar-refractivity contribution < 1.29 is 14.3 Å². The van der Waals surface area contributed by atoms with E-state index in [9.17, 15) is 9.59 Å². The van der Waals surface area contributed by atoms with Crippen LogP contribution in [0.3, 0.4) is 0 Å². The standard InChI is InChI=1S/C25H18Cl2N2O3S2/c1-15-2-7-18(8-3-15)28-23(30)14-32-21-11-4-16(12-20(21)27)13-22-24(31)29(25(33)34-22)19-9-5-17(26)6-10-19/h2-13H,14H2,1H3,(H,28,30)/b22-13-. The average molecular weight is 529 g/mol. The molecule has 3 aromatic carbocycles. The van der Waals surface area contributed by atoms with Gasteiger partial charge >= 0.3 is 0 Å². The molecule has 1 aliphatic heterocycles. The summed E-state index contributed by atoms with van der Waals surface area (Å²) in [6.45, 7) is 1.79. The van der Waals surface area contributed by atoms with Gasteiger partial charge in [-0.15, -0.1) is 0 Å². The predicted octanol–water partition coefficient (Wildman–Crippen LogP) is 6.73. The summed E-state index contributed by atoms with van der Waals surface area (Å²) in [5, 5.41) is 3.67. The summed E-state index contributed by atoms with van der Waals surface area (Å²) in [4.78, 5) is 27.0. The normalized spacial score (nSPS) is 14.6. The third-order valence-electron chi connectivity index (χ3n) is 4.83. The van der Waals surface area contributed by atoms with Crippen LogP contribution in [0.15, 0.2) is 71.6 Å². The maximum atomic E-state index is 12.9. The highest BCUT2D eigenvalue weighted by atomic mass is 35.5. The van der Waals surface area contributed by atoms with Crippen molar-refractivity contribution in [2.45, 2.75) is 6.92 Å². The van der Waals surface area contributed by atoms with E-state index in [1.54, 1.807) is 48.5 Å². The zero-order valence-corrected chi connectivity index (χ0v) is 21.0. The lowest BCUT2D eigenvalue weighted by Gasteiger charge is -2.14. The summed E-state index contributed by atoms with van der Waals surface area (Å²) < 4.78 is 6.00. The first-order valence-corrected chi connectivity index (χ1v) is 12.1. The number of carbonyl (C=O) groups is 2. The first kappa shape index (κ1) is 24.3. The molecule has 9 heteroatoms. The highest BCUT2D eigenvalue weighted by Gasteiger charge is 2.33. The van der Waals surface area contributed by atoms with Crippen LogP contribution in [0.5, 0.6) is 5.75 Å². The molecule has 2 amide bonds. The monoisotopic (exact) mass is 528 g/mol. The Hall–Kier alpha value is -2.84. The number of rotatable bonds is 6. The molecule has 0 aliphatic carbocycles. The van der Waals surface area contributed by atoms with Crippen LogP contribution in [0.1, 0.15) is 11.1 Å². The number of carbonyl (C=O) groups excluding carboxylic acids is 2. The van der Waals surface area contributed by atoms with Gasteiger partial charge in [-0.3, -0.25) is 14.5 Å². The number of nitrogens with one attached hydrogen (secondary N) is 1. The van der Waals surface area contributed by atoms with E-state index in [1.807, 2.05) is 31.2 Å². The van der Waals surface area contributed by atoms with Crippen molar-refractivity contribution in [2.24, 2.45) is 0 Å². The van der Waals surface area contributed by atoms with Gasteiger partial charge in [-0.2, -0.15) is 0 Å². The highest BCUT2D eigenvalue weighted by Crippen LogP contribution is 2.37. The van der Waals surface area contributed by atoms with E-state index in [-0.39, 0.29) is 18.4 Å². The van der Waals surface area contributed by atoms with E-state index in [0.717, 1.165) is 5.56 Å². The number of thioether (sulfide) groups is 1. The molecule has 1 aliphatic rings. The number of hydrogen-bond acceptors (Lipinski definition) is 5. The summed E-state index contributed by atoms with van der Waals surface area (Å²) in [7, 11) is 0. The Morgan fingerprint density at radius 3 is 2.47 bits per heavy atom. The van der Waals surface area contributed by atoms with Crippen LogP contribution in [-0.2, 0) is 9.59 Å². The number of nitrogens with zero attached hydrogens (tertiary/aromatic N) is 1. The molecular weight excluding hydrogens is 511 g/mol. The molecule has 3 aromatic rings. The van der Waals surface area contributed by atoms with Crippen LogP contribution >= 0.6 is 47.2 Å². The molecule has 1 saturated heterocycles. The minimum atomic E-state index is -0.296. The lowest BCUT2D eigenvalue weighted by atomic mass is 10.2. The van der Waals surface area contributed by atoms with Crippen LogP contribution in [-0.4, -0.2) is 22.7 Å². The zero-order valence-electron chi connectivity index (χ0n) is 17.9. The molecule has 0 aromatic heterocycles. The fourth-order valence-corrected chi connectivity index (χ4v) is 4.80. The molecule has 0 atom stereocenters. The van der Waals surface area contributed by atoms with Crippen molar-refractivity contribution in [1.29, 1.82) is 0 Å². The fraction of sp³-hybridized carbons (Fsp3) is 0.0800. The largest absolute Gasteiger partial charge is 0.482 e. The van der Waals surface area contributed by atoms with E-state index in [2.05, 4.69) is 5.32 Å². The smallest absolute Gasteiger partial charge is 0.270 e. The van der Waals surface area contributed by atoms with E-state index in [4.69, 9.17) is 40.2 Å². The number of hydrogen-bond donors (Lipinski definition) is 1. The van der Waals surface area contributed by atoms with Gasteiger partial charge in [0.2, 0.25) is 0 Å². The topological polar surface area (TPSA) is 58.6 Å². The Morgan fingerprint density at radius 1 is 1.09 bits per heavy atom. The second kappa shape index (κ2) is 10.6. The van der Waals surface area contributed by atoms with Crippen molar-refractivity contribution in [3.63, 3.8) is 0 Å². The molecule has 5 nitrogen and oxygen atoms in total. The lowest BCUT2D eigenvalue weighted by molar-refractivity contribution is -0.118. The van der Waals surface area contributed by atoms with Crippen LogP contribution in [0.25, 0.3) is 6.08 Å². The van der Waals surface area contributed by atoms with E-state index < -0.39 is 0 Å². The SMILES string of the molecule is Cc1ccc(NC(=O)COc2ccc(/C=C3\SC(=S)N(c4ccc(Cl)cc4)C3=O)cc2Cl)cc1. The summed E-state index contributed by atoms with van der Waals surface area (Å²) in [5.74, 6) is -0.150. The van der Waals surface area contributed by atoms with Crippen molar-refractivity contribution in [2.75, 3.05) is 16.8 Å². The quantitative estimate of drug-likeness (QED) is 0.284. The molecule has 34 heavy (non-hydrogen) atoms. The molecule has 0 saturated carbocycles. The number of thiocarbonyl (C=S) groups is 1. The highest BCUT2D eigenvalue weighted by molar-refractivity contribution is 8.27. The molecule has 0 bridgehead atoms. The second-order valence-corrected chi connectivity index (χ2v) is 9.91.